The standard InChI is InChI=1S/C21H17FN6.C6H13N/c1-24-21-10-20(15-6-7-16(11-23)19(22)9-15)28(26-21)18-5-3-4-14(8-18)17-12-25-27(2)13-17;7-6-4-2-1-3-5-6/h3-10,12-13H,1-2H3,(H,24,26);6H,1-5,7H2. The van der Waals surface area contributed by atoms with Crippen molar-refractivity contribution < 1.29 is 4.39 Å². The van der Waals surface area contributed by atoms with Crippen molar-refractivity contribution in [2.45, 2.75) is 38.1 Å². The molecule has 0 radical (unpaired) electrons. The first kappa shape index (κ1) is 24.2. The van der Waals surface area contributed by atoms with Gasteiger partial charge in [0.15, 0.2) is 0 Å². The molecule has 0 atom stereocenters. The van der Waals surface area contributed by atoms with E-state index in [1.165, 1.54) is 44.2 Å². The number of nitrogens with zero attached hydrogens (tertiary/aromatic N) is 5. The van der Waals surface area contributed by atoms with E-state index in [0.29, 0.717) is 17.4 Å². The van der Waals surface area contributed by atoms with Crippen molar-refractivity contribution in [1.29, 1.82) is 5.26 Å². The average Bonchev–Trinajstić information content (AvgIpc) is 3.51. The lowest BCUT2D eigenvalue weighted by molar-refractivity contribution is 0.441. The van der Waals surface area contributed by atoms with Gasteiger partial charge in [0.2, 0.25) is 0 Å². The summed E-state index contributed by atoms with van der Waals surface area (Å²) >= 11 is 0. The fraction of sp³-hybridized carbons (Fsp3) is 0.296. The van der Waals surface area contributed by atoms with Crippen LogP contribution in [0.25, 0.3) is 28.1 Å². The summed E-state index contributed by atoms with van der Waals surface area (Å²) in [6.45, 7) is 0. The number of benzene rings is 2. The van der Waals surface area contributed by atoms with E-state index in [2.05, 4.69) is 15.5 Å². The number of aryl methyl sites for hydroxylation is 1. The monoisotopic (exact) mass is 471 g/mol. The van der Waals surface area contributed by atoms with Gasteiger partial charge in [-0.15, -0.1) is 5.10 Å². The third kappa shape index (κ3) is 5.76. The molecule has 4 aromatic rings. The van der Waals surface area contributed by atoms with Gasteiger partial charge in [0, 0.05) is 43.5 Å². The number of aromatic nitrogens is 4. The summed E-state index contributed by atoms with van der Waals surface area (Å²) in [6.07, 6.45) is 10.4. The number of nitriles is 1. The van der Waals surface area contributed by atoms with Gasteiger partial charge in [0.25, 0.3) is 0 Å². The van der Waals surface area contributed by atoms with Gasteiger partial charge in [-0.2, -0.15) is 10.4 Å². The predicted octanol–water partition coefficient (Wildman–Crippen LogP) is 5.27. The van der Waals surface area contributed by atoms with Crippen LogP contribution in [0.15, 0.2) is 60.9 Å². The summed E-state index contributed by atoms with van der Waals surface area (Å²) in [7, 11) is 3.65. The topological polar surface area (TPSA) is 97.5 Å². The molecule has 0 aliphatic heterocycles. The fourth-order valence-electron chi connectivity index (χ4n) is 4.19. The molecule has 0 unspecified atom stereocenters. The van der Waals surface area contributed by atoms with Crippen molar-refractivity contribution in [3.05, 3.63) is 72.3 Å². The van der Waals surface area contributed by atoms with Crippen molar-refractivity contribution in [3.8, 4) is 34.1 Å². The molecule has 7 nitrogen and oxygen atoms in total. The predicted molar refractivity (Wildman–Crippen MR) is 136 cm³/mol. The second-order valence-corrected chi connectivity index (χ2v) is 8.73. The lowest BCUT2D eigenvalue weighted by Gasteiger charge is -2.15. The van der Waals surface area contributed by atoms with Crippen LogP contribution in [-0.4, -0.2) is 32.7 Å². The molecule has 1 aliphatic rings. The van der Waals surface area contributed by atoms with Gasteiger partial charge in [-0.05, 0) is 42.7 Å². The maximum atomic E-state index is 14.2. The van der Waals surface area contributed by atoms with E-state index in [1.54, 1.807) is 28.7 Å². The van der Waals surface area contributed by atoms with Gasteiger partial charge in [-0.3, -0.25) is 4.68 Å². The summed E-state index contributed by atoms with van der Waals surface area (Å²) in [4.78, 5) is 0. The molecule has 3 N–H and O–H groups in total. The number of halogens is 1. The lowest BCUT2D eigenvalue weighted by Crippen LogP contribution is -2.22. The van der Waals surface area contributed by atoms with Crippen LogP contribution in [0.4, 0.5) is 10.2 Å². The highest BCUT2D eigenvalue weighted by Gasteiger charge is 2.14. The zero-order valence-corrected chi connectivity index (χ0v) is 20.1. The van der Waals surface area contributed by atoms with Crippen LogP contribution in [0.3, 0.4) is 0 Å². The first-order chi connectivity index (χ1) is 17.0. The molecule has 0 spiro atoms. The number of hydrogen-bond donors (Lipinski definition) is 2. The molecule has 2 aromatic heterocycles. The lowest BCUT2D eigenvalue weighted by atomic mass is 9.97. The highest BCUT2D eigenvalue weighted by molar-refractivity contribution is 5.69. The summed E-state index contributed by atoms with van der Waals surface area (Å²) in [5, 5.41) is 20.8. The summed E-state index contributed by atoms with van der Waals surface area (Å²) in [5.74, 6) is 0.106. The molecular formula is C27H30FN7. The summed E-state index contributed by atoms with van der Waals surface area (Å²) in [5.41, 5.74) is 9.84. The molecule has 180 valence electrons. The molecule has 1 saturated carbocycles. The molecular weight excluding hydrogens is 441 g/mol. The number of rotatable bonds is 4. The Morgan fingerprint density at radius 1 is 1.06 bits per heavy atom. The van der Waals surface area contributed by atoms with E-state index in [-0.39, 0.29) is 5.56 Å². The molecule has 1 aliphatic carbocycles. The Kier molecular flexibility index (Phi) is 7.58. The fourth-order valence-corrected chi connectivity index (χ4v) is 4.19. The second-order valence-electron chi connectivity index (χ2n) is 8.73. The van der Waals surface area contributed by atoms with Crippen molar-refractivity contribution >= 4 is 5.82 Å². The molecule has 0 saturated heterocycles. The molecule has 2 heterocycles. The number of anilines is 1. The molecule has 35 heavy (non-hydrogen) atoms. The largest absolute Gasteiger partial charge is 0.372 e. The third-order valence-electron chi connectivity index (χ3n) is 6.13. The van der Waals surface area contributed by atoms with Crippen LogP contribution in [0.1, 0.15) is 37.7 Å². The third-order valence-corrected chi connectivity index (χ3v) is 6.13. The highest BCUT2D eigenvalue weighted by atomic mass is 19.1. The van der Waals surface area contributed by atoms with Crippen molar-refractivity contribution in [2.75, 3.05) is 12.4 Å². The molecule has 8 heteroatoms. The maximum Gasteiger partial charge on any atom is 0.148 e. The van der Waals surface area contributed by atoms with Gasteiger partial charge >= 0.3 is 0 Å². The number of hydrogen-bond acceptors (Lipinski definition) is 5. The Morgan fingerprint density at radius 2 is 1.86 bits per heavy atom. The van der Waals surface area contributed by atoms with Crippen LogP contribution in [0, 0.1) is 17.1 Å². The molecule has 5 rings (SSSR count). The Balaban J connectivity index is 0.000000356. The Labute approximate surface area is 205 Å². The minimum atomic E-state index is -0.553. The maximum absolute atomic E-state index is 14.2. The van der Waals surface area contributed by atoms with Crippen LogP contribution < -0.4 is 11.1 Å². The minimum absolute atomic E-state index is 0.0160. The van der Waals surface area contributed by atoms with Crippen molar-refractivity contribution in [1.82, 2.24) is 19.6 Å². The molecule has 2 aromatic carbocycles. The van der Waals surface area contributed by atoms with Gasteiger partial charge in [0.05, 0.1) is 23.1 Å². The first-order valence-corrected chi connectivity index (χ1v) is 11.8. The minimum Gasteiger partial charge on any atom is -0.372 e. The van der Waals surface area contributed by atoms with Gasteiger partial charge in [-0.1, -0.05) is 37.5 Å². The first-order valence-electron chi connectivity index (χ1n) is 11.8. The summed E-state index contributed by atoms with van der Waals surface area (Å²) in [6, 6.07) is 16.7. The van der Waals surface area contributed by atoms with E-state index in [9.17, 15) is 4.39 Å². The van der Waals surface area contributed by atoms with Gasteiger partial charge in [-0.25, -0.2) is 9.07 Å². The number of nitrogens with two attached hydrogens (primary N) is 1. The molecule has 0 bridgehead atoms. The van der Waals surface area contributed by atoms with E-state index in [0.717, 1.165) is 22.5 Å². The molecule has 1 fully saturated rings. The number of nitrogens with one attached hydrogen (secondary N) is 1. The van der Waals surface area contributed by atoms with E-state index >= 15 is 0 Å². The zero-order valence-electron chi connectivity index (χ0n) is 20.1. The van der Waals surface area contributed by atoms with E-state index in [4.69, 9.17) is 11.0 Å². The Bertz CT molecular complexity index is 1330. The van der Waals surface area contributed by atoms with Crippen LogP contribution >= 0.6 is 0 Å². The van der Waals surface area contributed by atoms with Crippen LogP contribution in [0.5, 0.6) is 0 Å². The van der Waals surface area contributed by atoms with E-state index in [1.807, 2.05) is 49.6 Å². The smallest absolute Gasteiger partial charge is 0.148 e. The van der Waals surface area contributed by atoms with Crippen molar-refractivity contribution in [2.24, 2.45) is 12.8 Å². The SMILES string of the molecule is CNc1cc(-c2ccc(C#N)c(F)c2)n(-c2cccc(-c3cnn(C)c3)c2)n1.NC1CCCCC1. The zero-order chi connectivity index (χ0) is 24.8. The normalized spacial score (nSPS) is 13.6. The molecule has 0 amide bonds. The van der Waals surface area contributed by atoms with E-state index < -0.39 is 5.82 Å². The average molecular weight is 472 g/mol. The van der Waals surface area contributed by atoms with Crippen LogP contribution in [-0.2, 0) is 7.05 Å². The second kappa shape index (κ2) is 11.0. The van der Waals surface area contributed by atoms with Gasteiger partial charge < -0.3 is 11.1 Å². The quantitative estimate of drug-likeness (QED) is 0.423. The van der Waals surface area contributed by atoms with Gasteiger partial charge in [0.1, 0.15) is 17.7 Å². The highest BCUT2D eigenvalue weighted by Crippen LogP contribution is 2.29. The summed E-state index contributed by atoms with van der Waals surface area (Å²) < 4.78 is 17.7. The van der Waals surface area contributed by atoms with Crippen LogP contribution in [0.2, 0.25) is 0 Å². The Hall–Kier alpha value is -3.96. The Morgan fingerprint density at radius 3 is 2.46 bits per heavy atom. The van der Waals surface area contributed by atoms with Crippen molar-refractivity contribution in [3.63, 3.8) is 0 Å².